The molecule has 1 unspecified atom stereocenters. The van der Waals surface area contributed by atoms with Crippen LogP contribution in [0.4, 0.5) is 10.7 Å². The molecule has 7 nitrogen and oxygen atoms in total. The lowest BCUT2D eigenvalue weighted by atomic mass is 10.0. The largest absolute Gasteiger partial charge is 0.377 e. The Morgan fingerprint density at radius 2 is 2.23 bits per heavy atom. The van der Waals surface area contributed by atoms with Crippen molar-refractivity contribution in [2.75, 3.05) is 30.9 Å². The highest BCUT2D eigenvalue weighted by atomic mass is 32.2. The number of hydrogen-bond donors (Lipinski definition) is 0. The summed E-state index contributed by atoms with van der Waals surface area (Å²) in [7, 11) is -3.46. The van der Waals surface area contributed by atoms with Crippen LogP contribution in [0.15, 0.2) is 10.3 Å². The third-order valence-corrected chi connectivity index (χ3v) is 6.43. The van der Waals surface area contributed by atoms with Gasteiger partial charge in [0.2, 0.25) is 0 Å². The van der Waals surface area contributed by atoms with Gasteiger partial charge in [0.25, 0.3) is 0 Å². The number of nitrogens with zero attached hydrogens (tertiary/aromatic N) is 2. The Morgan fingerprint density at radius 3 is 2.77 bits per heavy atom. The molecule has 124 valence electrons. The van der Waals surface area contributed by atoms with Crippen LogP contribution in [0.25, 0.3) is 0 Å². The summed E-state index contributed by atoms with van der Waals surface area (Å²) in [5.74, 6) is 0.419. The molecule has 1 atom stereocenters. The van der Waals surface area contributed by atoms with Crippen molar-refractivity contribution in [2.24, 2.45) is 5.92 Å². The molecule has 0 radical (unpaired) electrons. The molecule has 0 N–H and O–H groups in total. The minimum atomic E-state index is -3.46. The predicted molar refractivity (Wildman–Crippen MR) is 85.5 cm³/mol. The van der Waals surface area contributed by atoms with Gasteiger partial charge in [0, 0.05) is 18.9 Å². The molecule has 0 spiro atoms. The molecule has 9 heteroatoms. The third-order valence-electron chi connectivity index (χ3n) is 3.46. The number of hydrogen-bond acceptors (Lipinski definition) is 7. The molecule has 2 heterocycles. The smallest absolute Gasteiger partial charge is 0.305 e. The fourth-order valence-electron chi connectivity index (χ4n) is 2.53. The first kappa shape index (κ1) is 17.2. The fraction of sp³-hybridized carbons (Fsp3) is 0.692. The van der Waals surface area contributed by atoms with E-state index in [1.807, 2.05) is 4.90 Å². The van der Waals surface area contributed by atoms with Gasteiger partial charge in [-0.05, 0) is 12.3 Å². The van der Waals surface area contributed by atoms with E-state index < -0.39 is 14.8 Å². The van der Waals surface area contributed by atoms with Crippen LogP contribution in [0, 0.1) is 16.0 Å². The summed E-state index contributed by atoms with van der Waals surface area (Å²) in [5, 5.41) is 11.7. The van der Waals surface area contributed by atoms with Crippen molar-refractivity contribution < 1.29 is 18.1 Å². The van der Waals surface area contributed by atoms with Gasteiger partial charge in [-0.15, -0.1) is 0 Å². The van der Waals surface area contributed by atoms with Gasteiger partial charge in [-0.1, -0.05) is 25.2 Å². The SMILES string of the molecule is CC(C)CC1COCCN1c1sc(S(C)(=O)=O)cc1[N+](=O)[O-]. The van der Waals surface area contributed by atoms with E-state index in [9.17, 15) is 18.5 Å². The molecule has 0 aliphatic carbocycles. The molecule has 1 aromatic rings. The number of anilines is 1. The van der Waals surface area contributed by atoms with Crippen molar-refractivity contribution in [3.8, 4) is 0 Å². The number of thiophene rings is 1. The molecular weight excluding hydrogens is 328 g/mol. The molecule has 0 saturated carbocycles. The number of ether oxygens (including phenoxy) is 1. The zero-order chi connectivity index (χ0) is 16.5. The Bertz CT molecular complexity index is 653. The van der Waals surface area contributed by atoms with Gasteiger partial charge in [0.05, 0.1) is 24.2 Å². The average Bonchev–Trinajstić information content (AvgIpc) is 2.83. The van der Waals surface area contributed by atoms with Gasteiger partial charge >= 0.3 is 5.69 Å². The maximum atomic E-state index is 11.7. The van der Waals surface area contributed by atoms with Crippen LogP contribution < -0.4 is 4.90 Å². The summed E-state index contributed by atoms with van der Waals surface area (Å²) in [6.45, 7) is 5.68. The Morgan fingerprint density at radius 1 is 1.55 bits per heavy atom. The lowest BCUT2D eigenvalue weighted by molar-refractivity contribution is -0.383. The highest BCUT2D eigenvalue weighted by Gasteiger charge is 2.33. The lowest BCUT2D eigenvalue weighted by Crippen LogP contribution is -2.46. The molecule has 0 amide bonds. The van der Waals surface area contributed by atoms with Crippen LogP contribution in [-0.4, -0.2) is 45.4 Å². The topological polar surface area (TPSA) is 89.8 Å². The lowest BCUT2D eigenvalue weighted by Gasteiger charge is -2.36. The predicted octanol–water partition coefficient (Wildman–Crippen LogP) is 2.31. The van der Waals surface area contributed by atoms with Crippen LogP contribution in [-0.2, 0) is 14.6 Å². The first-order chi connectivity index (χ1) is 10.2. The van der Waals surface area contributed by atoms with Gasteiger partial charge in [-0.25, -0.2) is 8.42 Å². The zero-order valence-corrected chi connectivity index (χ0v) is 14.4. The van der Waals surface area contributed by atoms with E-state index in [0.29, 0.717) is 30.7 Å². The summed E-state index contributed by atoms with van der Waals surface area (Å²) in [6, 6.07) is 1.19. The highest BCUT2D eigenvalue weighted by Crippen LogP contribution is 2.41. The van der Waals surface area contributed by atoms with Crippen molar-refractivity contribution in [3.63, 3.8) is 0 Å². The molecule has 1 fully saturated rings. The summed E-state index contributed by atoms with van der Waals surface area (Å²) in [4.78, 5) is 12.7. The van der Waals surface area contributed by atoms with Crippen molar-refractivity contribution in [2.45, 2.75) is 30.5 Å². The molecule has 0 bridgehead atoms. The van der Waals surface area contributed by atoms with Gasteiger partial charge in [-0.3, -0.25) is 10.1 Å². The Balaban J connectivity index is 2.44. The normalized spacial score (nSPS) is 19.6. The Kier molecular flexibility index (Phi) is 5.08. The summed E-state index contributed by atoms with van der Waals surface area (Å²) >= 11 is 0.973. The molecule has 1 aliphatic rings. The molecule has 22 heavy (non-hydrogen) atoms. The van der Waals surface area contributed by atoms with Gasteiger partial charge in [-0.2, -0.15) is 0 Å². The molecule has 1 aromatic heterocycles. The quantitative estimate of drug-likeness (QED) is 0.599. The summed E-state index contributed by atoms with van der Waals surface area (Å²) in [5.41, 5.74) is -0.138. The minimum absolute atomic E-state index is 0.0264. The van der Waals surface area contributed by atoms with Crippen LogP contribution >= 0.6 is 11.3 Å². The number of rotatable bonds is 5. The number of nitro groups is 1. The first-order valence-corrected chi connectivity index (χ1v) is 9.73. The Labute approximate surface area is 134 Å². The second-order valence-electron chi connectivity index (χ2n) is 5.84. The maximum absolute atomic E-state index is 11.7. The van der Waals surface area contributed by atoms with Crippen molar-refractivity contribution in [1.82, 2.24) is 0 Å². The van der Waals surface area contributed by atoms with Gasteiger partial charge in [0.15, 0.2) is 14.8 Å². The highest BCUT2D eigenvalue weighted by molar-refractivity contribution is 7.92. The van der Waals surface area contributed by atoms with Crippen LogP contribution in [0.2, 0.25) is 0 Å². The van der Waals surface area contributed by atoms with Crippen LogP contribution in [0.5, 0.6) is 0 Å². The van der Waals surface area contributed by atoms with Crippen molar-refractivity contribution in [1.29, 1.82) is 0 Å². The second kappa shape index (κ2) is 6.51. The number of morpholine rings is 1. The first-order valence-electron chi connectivity index (χ1n) is 7.02. The van der Waals surface area contributed by atoms with Gasteiger partial charge in [0.1, 0.15) is 4.21 Å². The molecule has 2 rings (SSSR count). The van der Waals surface area contributed by atoms with E-state index in [1.165, 1.54) is 0 Å². The molecular formula is C13H20N2O5S2. The maximum Gasteiger partial charge on any atom is 0.305 e. The number of sulfone groups is 1. The van der Waals surface area contributed by atoms with E-state index in [1.54, 1.807) is 0 Å². The zero-order valence-electron chi connectivity index (χ0n) is 12.8. The molecule has 0 aromatic carbocycles. The minimum Gasteiger partial charge on any atom is -0.377 e. The average molecular weight is 348 g/mol. The fourth-order valence-corrected chi connectivity index (χ4v) is 4.66. The Hall–Kier alpha value is -1.19. The second-order valence-corrected chi connectivity index (χ2v) is 9.11. The van der Waals surface area contributed by atoms with Gasteiger partial charge < -0.3 is 9.64 Å². The monoisotopic (exact) mass is 348 g/mol. The van der Waals surface area contributed by atoms with E-state index in [2.05, 4.69) is 13.8 Å². The standard InChI is InChI=1S/C13H20N2O5S2/c1-9(2)6-10-8-20-5-4-14(10)13-11(15(16)17)7-12(21-13)22(3,18)19/h7,9-10H,4-6,8H2,1-3H3. The van der Waals surface area contributed by atoms with Crippen molar-refractivity contribution >= 4 is 31.9 Å². The van der Waals surface area contributed by atoms with Crippen molar-refractivity contribution in [3.05, 3.63) is 16.2 Å². The van der Waals surface area contributed by atoms with E-state index in [4.69, 9.17) is 4.74 Å². The van der Waals surface area contributed by atoms with E-state index >= 15 is 0 Å². The van der Waals surface area contributed by atoms with Crippen LogP contribution in [0.3, 0.4) is 0 Å². The van der Waals surface area contributed by atoms with E-state index in [0.717, 1.165) is 30.1 Å². The van der Waals surface area contributed by atoms with Crippen LogP contribution in [0.1, 0.15) is 20.3 Å². The summed E-state index contributed by atoms with van der Waals surface area (Å²) < 4.78 is 28.9. The molecule has 1 saturated heterocycles. The third kappa shape index (κ3) is 3.76. The van der Waals surface area contributed by atoms with E-state index in [-0.39, 0.29) is 15.9 Å². The summed E-state index contributed by atoms with van der Waals surface area (Å²) in [6.07, 6.45) is 1.90. The molecule has 1 aliphatic heterocycles.